The largest absolute Gasteiger partial charge is 0.490 e. The molecule has 26 nitrogen and oxygen atoms in total. The van der Waals surface area contributed by atoms with E-state index in [0.29, 0.717) is 83.6 Å². The third kappa shape index (κ3) is 31.4. The van der Waals surface area contributed by atoms with Gasteiger partial charge in [0.25, 0.3) is 0 Å². The first-order valence-electron chi connectivity index (χ1n) is 37.4. The van der Waals surface area contributed by atoms with E-state index in [0.717, 1.165) is 160 Å². The third-order valence-corrected chi connectivity index (χ3v) is 87.0. The fourth-order valence-electron chi connectivity index (χ4n) is 17.1. The number of anilines is 4. The minimum Gasteiger partial charge on any atom is -0.475 e. The highest BCUT2D eigenvalue weighted by Crippen LogP contribution is 2.41. The molecule has 10 unspecified atom stereocenters. The number of piperazine rings is 5. The van der Waals surface area contributed by atoms with Gasteiger partial charge in [-0.15, -0.1) is 6.42 Å². The van der Waals surface area contributed by atoms with Gasteiger partial charge < -0.3 is 53.7 Å². The molecule has 3 aromatic heterocycles. The zero-order chi connectivity index (χ0) is 85.9. The van der Waals surface area contributed by atoms with E-state index in [1.165, 1.54) is 95.1 Å². The summed E-state index contributed by atoms with van der Waals surface area (Å²) in [6, 6.07) is 9.27. The molecule has 15 aliphatic rings. The number of carboxylic acid groups (broad SMARTS) is 1. The van der Waals surface area contributed by atoms with E-state index in [-0.39, 0.29) is 15.9 Å². The van der Waals surface area contributed by atoms with Gasteiger partial charge in [-0.05, 0) is 117 Å². The van der Waals surface area contributed by atoms with Crippen molar-refractivity contribution in [2.45, 2.75) is 161 Å². The first-order valence-corrected chi connectivity index (χ1v) is 80.2. The van der Waals surface area contributed by atoms with Crippen LogP contribution in [0.4, 0.5) is 37.0 Å². The van der Waals surface area contributed by atoms with Gasteiger partial charge in [0.2, 0.25) is 50.8 Å². The minimum atomic E-state index is -5.08. The molecular formula is C58H78Cl4F3N19O7S32. The molecule has 3 aromatic rings. The zero-order valence-corrected chi connectivity index (χ0v) is 92.8. The number of fused-ring (bicyclic) bond motifs is 10. The number of aliphatic carboxylic acids is 1. The minimum absolute atomic E-state index is 0.000000000000000444. The van der Waals surface area contributed by atoms with E-state index < -0.39 is 12.1 Å². The second-order valence-corrected chi connectivity index (χ2v) is 82.9. The summed E-state index contributed by atoms with van der Waals surface area (Å²) in [7, 11) is 52.8. The lowest BCUT2D eigenvalue weighted by Gasteiger charge is -2.48. The molecule has 0 aromatic carbocycles. The first kappa shape index (κ1) is 103. The number of hydrogen-bond acceptors (Lipinski definition) is 27. The van der Waals surface area contributed by atoms with E-state index >= 15 is 0 Å². The van der Waals surface area contributed by atoms with Crippen molar-refractivity contribution in [1.82, 2.24) is 74.7 Å². The van der Waals surface area contributed by atoms with E-state index in [1.54, 1.807) is 107 Å². The Kier molecular flexibility index (Phi) is 46.0. The second kappa shape index (κ2) is 54.8. The number of ether oxygens (including phenoxy) is 5. The van der Waals surface area contributed by atoms with Gasteiger partial charge in [-0.25, -0.2) is 4.79 Å². The van der Waals surface area contributed by atoms with Crippen molar-refractivity contribution in [3.8, 4) is 12.3 Å². The quantitative estimate of drug-likeness (QED) is 0.293. The average Bonchev–Trinajstić information content (AvgIpc) is 1.67. The fraction of sp³-hybridized carbons (Fsp3) is 0.793. The molecule has 0 radical (unpaired) electrons. The van der Waals surface area contributed by atoms with E-state index in [4.69, 9.17) is 119 Å². The lowest BCUT2D eigenvalue weighted by molar-refractivity contribution is -0.192. The van der Waals surface area contributed by atoms with Crippen molar-refractivity contribution in [3.05, 3.63) is 27.0 Å². The van der Waals surface area contributed by atoms with Gasteiger partial charge in [0.15, 0.2) is 0 Å². The predicted octanol–water partition coefficient (Wildman–Crippen LogP) is 2.79. The maximum absolute atomic E-state index is 10.6. The van der Waals surface area contributed by atoms with Crippen LogP contribution in [0.25, 0.3) is 0 Å². The van der Waals surface area contributed by atoms with Crippen molar-refractivity contribution < 1.29 is 46.8 Å². The molecule has 0 saturated carbocycles. The van der Waals surface area contributed by atoms with Crippen molar-refractivity contribution in [2.24, 2.45) is 0 Å². The number of hydrogen-bond donors (Lipinski definition) is 2. The molecule has 15 aliphatic heterocycles. The van der Waals surface area contributed by atoms with Crippen molar-refractivity contribution >= 4 is 365 Å². The number of nitrogens with zero attached hydrogens (tertiary/aromatic N) is 18. The highest BCUT2D eigenvalue weighted by Gasteiger charge is 2.51. The molecule has 123 heavy (non-hydrogen) atoms. The Hall–Kier alpha value is 2.81. The smallest absolute Gasteiger partial charge is 0.475 e. The van der Waals surface area contributed by atoms with Gasteiger partial charge >= 0.3 is 12.1 Å². The Bertz CT molecular complexity index is 5440. The summed E-state index contributed by atoms with van der Waals surface area (Å²) in [5.74, 6) is 3.39. The van der Waals surface area contributed by atoms with Gasteiger partial charge in [0.05, 0.1) is 96.3 Å². The number of halogens is 7. The van der Waals surface area contributed by atoms with E-state index in [1.807, 2.05) is 142 Å². The summed E-state index contributed by atoms with van der Waals surface area (Å²) < 4.78 is 58.8. The summed E-state index contributed by atoms with van der Waals surface area (Å²) in [5, 5.41) is 10.9. The number of carboxylic acids is 1. The number of rotatable bonds is 9. The first-order chi connectivity index (χ1) is 60.0. The molecule has 688 valence electrons. The van der Waals surface area contributed by atoms with Gasteiger partial charge in [0, 0.05) is 415 Å². The summed E-state index contributed by atoms with van der Waals surface area (Å²) >= 11 is 32.0. The van der Waals surface area contributed by atoms with Crippen LogP contribution in [0.2, 0.25) is 21.1 Å². The standard InChI is InChI=1S/C23H31N7O2.C21H30ClN7O2.C9H16N2O.C3Cl3N3.C2HF3O2.S32/c1-2-21-24-22(27-7-15-3-4-16(8-27)29(15)19-11-31-12-19)26-23(25-21)28-9-17-5-6-18(10-28)30(17)20-13-32-14-20;22-19-23-20(26-5-13-1-2-14(6-26)28(13)17-9-30-10-17)25-21(24-19)27-7-15-3-4-16(8-27)29(15)18-11-31-12-18;1-2-8-4-10-3-7(1)11(8)9-5-12-6-9;4-1-7-2(5)9-3(6)8-1;3-2(4,5)1(6)7;1-3-5-7-9-11-13-15-17-19-21-23-25-27-29-31-32-30-28-26-24-22-20-18-16-14-12-10-8-6-4-2/h1,15-20H,3-14H2;13-18H,1-12H2;7-10H,1-6H2;;(H,6,7);. The summed E-state index contributed by atoms with van der Waals surface area (Å²) in [6.45, 7) is 19.1. The van der Waals surface area contributed by atoms with Crippen LogP contribution in [0, 0.1) is 12.3 Å². The van der Waals surface area contributed by atoms with Crippen LogP contribution in [0.15, 0.2) is 0 Å². The second-order valence-electron chi connectivity index (χ2n) is 28.5. The van der Waals surface area contributed by atoms with Crippen molar-refractivity contribution in [1.29, 1.82) is 0 Å². The molecule has 10 atom stereocenters. The molecule has 18 heterocycles. The van der Waals surface area contributed by atoms with E-state index in [9.17, 15) is 13.2 Å². The zero-order valence-electron chi connectivity index (χ0n) is 63.6. The summed E-state index contributed by atoms with van der Waals surface area (Å²) in [4.78, 5) is 70.5. The molecule has 18 rings (SSSR count). The molecule has 0 spiro atoms. The molecular weight excluding hydrogens is 2300 g/mol. The van der Waals surface area contributed by atoms with Crippen molar-refractivity contribution in [3.63, 3.8) is 0 Å². The number of carbonyl (C=O) groups is 1. The number of nitrogens with one attached hydrogen (secondary N) is 1. The lowest BCUT2D eigenvalue weighted by Crippen LogP contribution is -2.62. The molecule has 15 saturated heterocycles. The Morgan fingerprint density at radius 2 is 0.520 bits per heavy atom. The molecule has 2 N–H and O–H groups in total. The highest BCUT2D eigenvalue weighted by atomic mass is 35.5. The van der Waals surface area contributed by atoms with Gasteiger partial charge in [-0.1, -0.05) is 0 Å². The maximum atomic E-state index is 10.6. The summed E-state index contributed by atoms with van der Waals surface area (Å²) in [5.41, 5.74) is 0. The number of alkyl halides is 3. The highest BCUT2D eigenvalue weighted by molar-refractivity contribution is 8.80. The van der Waals surface area contributed by atoms with Crippen LogP contribution in [0.3, 0.4) is 0 Å². The third-order valence-electron chi connectivity index (χ3n) is 21.9. The van der Waals surface area contributed by atoms with E-state index in [2.05, 4.69) is 90.2 Å². The SMILES string of the molecule is C#Cc1nc(N2CC3CCC(C2)N3C2COC2)nc(N2CC3CCC(C2)N3C2COC2)n1.C1CC2CNCC1N2C1COC1.Clc1nc(Cl)nc(Cl)n1.Clc1nc(N2CC3CCC(C2)N3C2COC2)nc(N2CC3CCC(C2)N3C2COC2)n1.O=C(O)C(F)(F)F.S=S=S=S=S=S=S=S=S=S=S=S=S=S=S=S=S=S=S=S=S=S=S=S=S=S=S=S=S=S=S=S. The van der Waals surface area contributed by atoms with Crippen LogP contribution < -0.4 is 24.9 Å². The average molecular weight is 2380 g/mol. The van der Waals surface area contributed by atoms with Gasteiger partial charge in [0.1, 0.15) is 0 Å². The number of terminal acetylenes is 1. The normalized spacial score (nSPS) is 26.0. The van der Waals surface area contributed by atoms with Crippen LogP contribution in [-0.2, 0) is 317 Å². The molecule has 0 aliphatic carbocycles. The van der Waals surface area contributed by atoms with Crippen LogP contribution in [0.5, 0.6) is 0 Å². The Morgan fingerprint density at radius 1 is 0.333 bits per heavy atom. The predicted molar refractivity (Wildman–Crippen MR) is 565 cm³/mol. The molecule has 15 fully saturated rings. The summed E-state index contributed by atoms with van der Waals surface area (Å²) in [6.07, 6.45) is 13.5. The van der Waals surface area contributed by atoms with Crippen LogP contribution in [0.1, 0.15) is 70.0 Å². The topological polar surface area (TPSA) is 241 Å². The maximum Gasteiger partial charge on any atom is 0.490 e. The van der Waals surface area contributed by atoms with Gasteiger partial charge in [-0.3, -0.25) is 24.5 Å². The Balaban J connectivity index is 0.000000137. The number of aromatic nitrogens is 9. The molecule has 0 amide bonds. The molecule has 10 bridgehead atoms. The fourth-order valence-corrected chi connectivity index (χ4v) is 94.7. The lowest BCUT2D eigenvalue weighted by atomic mass is 10.1. The monoisotopic (exact) mass is 2370 g/mol. The van der Waals surface area contributed by atoms with Gasteiger partial charge in [-0.2, -0.15) is 58.0 Å². The Labute approximate surface area is 825 Å². The van der Waals surface area contributed by atoms with Crippen LogP contribution >= 0.6 is 46.4 Å². The Morgan fingerprint density at radius 3 is 0.707 bits per heavy atom. The van der Waals surface area contributed by atoms with Crippen LogP contribution in [-0.4, -0.2) is 309 Å². The van der Waals surface area contributed by atoms with Crippen molar-refractivity contribution in [2.75, 3.05) is 151 Å². The molecule has 65 heteroatoms.